The highest BCUT2D eigenvalue weighted by Gasteiger charge is 2.20. The van der Waals surface area contributed by atoms with Crippen LogP contribution in [-0.2, 0) is 9.53 Å². The molecule has 6 heteroatoms. The second-order valence-electron chi connectivity index (χ2n) is 2.89. The highest BCUT2D eigenvalue weighted by Crippen LogP contribution is 2.01. The molecule has 78 valence electrons. The molecule has 5 nitrogen and oxygen atoms in total. The van der Waals surface area contributed by atoms with Gasteiger partial charge in [0.2, 0.25) is 0 Å². The molecule has 0 spiro atoms. The number of hydrogen-bond acceptors (Lipinski definition) is 5. The molecule has 1 atom stereocenters. The van der Waals surface area contributed by atoms with E-state index in [-0.39, 0.29) is 0 Å². The molecule has 1 aliphatic rings. The van der Waals surface area contributed by atoms with E-state index in [1.54, 1.807) is 13.0 Å². The molecule has 0 saturated carbocycles. The Morgan fingerprint density at radius 2 is 2.40 bits per heavy atom. The molecule has 0 aromatic carbocycles. The van der Waals surface area contributed by atoms with Crippen LogP contribution in [-0.4, -0.2) is 28.6 Å². The molecular weight excluding hydrogens is 218 g/mol. The number of aromatic nitrogens is 2. The first-order valence-electron chi connectivity index (χ1n) is 4.45. The lowest BCUT2D eigenvalue weighted by molar-refractivity contribution is -0.142. The van der Waals surface area contributed by atoms with E-state index in [0.717, 1.165) is 0 Å². The molecule has 0 amide bonds. The third kappa shape index (κ3) is 1.83. The first kappa shape index (κ1) is 10.0. The Hall–Kier alpha value is -1.49. The van der Waals surface area contributed by atoms with Gasteiger partial charge in [-0.25, -0.2) is 19.8 Å². The van der Waals surface area contributed by atoms with Crippen molar-refractivity contribution in [2.45, 2.75) is 13.0 Å². The first-order valence-corrected chi connectivity index (χ1v) is 4.83. The maximum atomic E-state index is 11.4. The van der Waals surface area contributed by atoms with Gasteiger partial charge in [-0.2, -0.15) is 0 Å². The Morgan fingerprint density at radius 1 is 1.60 bits per heavy atom. The van der Waals surface area contributed by atoms with Crippen molar-refractivity contribution in [1.82, 2.24) is 9.97 Å². The lowest BCUT2D eigenvalue weighted by Crippen LogP contribution is -2.26. The van der Waals surface area contributed by atoms with Gasteiger partial charge in [0, 0.05) is 0 Å². The predicted octanol–water partition coefficient (Wildman–Crippen LogP) is -0.525. The van der Waals surface area contributed by atoms with Crippen molar-refractivity contribution in [3.8, 4) is 0 Å². The van der Waals surface area contributed by atoms with E-state index in [4.69, 9.17) is 16.3 Å². The van der Waals surface area contributed by atoms with Crippen LogP contribution >= 0.6 is 11.6 Å². The molecule has 0 bridgehead atoms. The molecule has 1 aliphatic heterocycles. The average molecular weight is 226 g/mol. The Kier molecular flexibility index (Phi) is 2.64. The topological polar surface area (TPSA) is 64.4 Å². The fourth-order valence-corrected chi connectivity index (χ4v) is 1.48. The Balaban J connectivity index is 2.39. The van der Waals surface area contributed by atoms with Crippen molar-refractivity contribution in [3.63, 3.8) is 0 Å². The van der Waals surface area contributed by atoms with Crippen molar-refractivity contribution in [2.75, 3.05) is 6.61 Å². The standard InChI is InChI=1S/C9H8ClN3O2/c1-2-15-9(14)6-3-5-7(10)11-4-12-8(5)13-6/h3-4,6H,2H2,1H3/t6-/m1/s1. The summed E-state index contributed by atoms with van der Waals surface area (Å²) in [4.78, 5) is 23.2. The fraction of sp³-hybridized carbons (Fsp3) is 0.333. The quantitative estimate of drug-likeness (QED) is 0.502. The highest BCUT2D eigenvalue weighted by atomic mass is 35.5. The number of fused-ring (bicyclic) bond motifs is 1. The van der Waals surface area contributed by atoms with Crippen LogP contribution < -0.4 is 10.7 Å². The van der Waals surface area contributed by atoms with Crippen LogP contribution in [0.3, 0.4) is 0 Å². The molecule has 1 aromatic heterocycles. The second-order valence-corrected chi connectivity index (χ2v) is 3.25. The van der Waals surface area contributed by atoms with Gasteiger partial charge in [-0.15, -0.1) is 0 Å². The first-order chi connectivity index (χ1) is 7.22. The summed E-state index contributed by atoms with van der Waals surface area (Å²) in [5.41, 5.74) is 0.438. The summed E-state index contributed by atoms with van der Waals surface area (Å²) >= 11 is 5.82. The van der Waals surface area contributed by atoms with Crippen molar-refractivity contribution in [1.29, 1.82) is 0 Å². The van der Waals surface area contributed by atoms with Gasteiger partial charge >= 0.3 is 5.97 Å². The molecule has 0 radical (unpaired) electrons. The molecule has 0 fully saturated rings. The van der Waals surface area contributed by atoms with Crippen molar-refractivity contribution in [2.24, 2.45) is 4.99 Å². The Morgan fingerprint density at radius 3 is 3.07 bits per heavy atom. The zero-order valence-electron chi connectivity index (χ0n) is 7.98. The lowest BCUT2D eigenvalue weighted by Gasteiger charge is -2.02. The van der Waals surface area contributed by atoms with E-state index < -0.39 is 12.0 Å². The third-order valence-corrected chi connectivity index (χ3v) is 2.23. The van der Waals surface area contributed by atoms with E-state index in [0.29, 0.717) is 22.5 Å². The monoisotopic (exact) mass is 225 g/mol. The number of ether oxygens (including phenoxy) is 1. The number of carbonyl (C=O) groups excluding carboxylic acids is 1. The summed E-state index contributed by atoms with van der Waals surface area (Å²) in [5, 5.41) is 0.896. The SMILES string of the molecule is CCOC(=O)[C@H]1C=c2c(Cl)ncnc2=N1. The van der Waals surface area contributed by atoms with Crippen LogP contribution in [0.25, 0.3) is 6.08 Å². The number of nitrogens with zero attached hydrogens (tertiary/aromatic N) is 3. The van der Waals surface area contributed by atoms with Gasteiger partial charge < -0.3 is 4.74 Å². The summed E-state index contributed by atoms with van der Waals surface area (Å²) in [6, 6.07) is -0.644. The van der Waals surface area contributed by atoms with Gasteiger partial charge in [0.25, 0.3) is 0 Å². The van der Waals surface area contributed by atoms with E-state index >= 15 is 0 Å². The zero-order valence-corrected chi connectivity index (χ0v) is 8.73. The number of hydrogen-bond donors (Lipinski definition) is 0. The predicted molar refractivity (Wildman–Crippen MR) is 52.7 cm³/mol. The number of rotatable bonds is 2. The molecule has 2 heterocycles. The molecule has 0 aliphatic carbocycles. The van der Waals surface area contributed by atoms with E-state index in [2.05, 4.69) is 15.0 Å². The van der Waals surface area contributed by atoms with Gasteiger partial charge in [0.1, 0.15) is 11.5 Å². The van der Waals surface area contributed by atoms with Crippen LogP contribution in [0, 0.1) is 0 Å². The average Bonchev–Trinajstić information content (AvgIpc) is 2.63. The zero-order chi connectivity index (χ0) is 10.8. The molecule has 0 N–H and O–H groups in total. The lowest BCUT2D eigenvalue weighted by atomic mass is 10.3. The van der Waals surface area contributed by atoms with Crippen molar-refractivity contribution < 1.29 is 9.53 Å². The normalized spacial score (nSPS) is 17.6. The summed E-state index contributed by atoms with van der Waals surface area (Å²) in [6.07, 6.45) is 2.92. The Bertz CT molecular complexity index is 515. The van der Waals surface area contributed by atoms with Crippen molar-refractivity contribution >= 4 is 23.6 Å². The maximum absolute atomic E-state index is 11.4. The summed E-state index contributed by atoms with van der Waals surface area (Å²) in [6.45, 7) is 2.07. The van der Waals surface area contributed by atoms with Gasteiger partial charge in [0.15, 0.2) is 11.5 Å². The van der Waals surface area contributed by atoms with Crippen LogP contribution in [0.5, 0.6) is 0 Å². The van der Waals surface area contributed by atoms with Gasteiger partial charge in [-0.05, 0) is 13.0 Å². The number of halogens is 1. The van der Waals surface area contributed by atoms with Crippen LogP contribution in [0.1, 0.15) is 6.92 Å². The molecule has 2 rings (SSSR count). The minimum atomic E-state index is -0.644. The smallest absolute Gasteiger partial charge is 0.334 e. The summed E-state index contributed by atoms with van der Waals surface area (Å²) in [7, 11) is 0. The van der Waals surface area contributed by atoms with Gasteiger partial charge in [-0.1, -0.05) is 11.6 Å². The molecule has 1 aromatic rings. The van der Waals surface area contributed by atoms with E-state index in [1.165, 1.54) is 6.33 Å². The molecule has 0 unspecified atom stereocenters. The number of esters is 1. The molecule has 15 heavy (non-hydrogen) atoms. The minimum Gasteiger partial charge on any atom is -0.464 e. The molecule has 0 saturated heterocycles. The van der Waals surface area contributed by atoms with E-state index in [1.807, 2.05) is 0 Å². The highest BCUT2D eigenvalue weighted by molar-refractivity contribution is 6.29. The van der Waals surface area contributed by atoms with Crippen LogP contribution in [0.15, 0.2) is 11.3 Å². The van der Waals surface area contributed by atoms with Crippen LogP contribution in [0.2, 0.25) is 5.15 Å². The fourth-order valence-electron chi connectivity index (χ4n) is 1.29. The van der Waals surface area contributed by atoms with Gasteiger partial charge in [0.05, 0.1) is 11.8 Å². The minimum absolute atomic E-state index is 0.301. The number of carbonyl (C=O) groups is 1. The summed E-state index contributed by atoms with van der Waals surface area (Å²) in [5.74, 6) is -0.397. The largest absolute Gasteiger partial charge is 0.464 e. The van der Waals surface area contributed by atoms with E-state index in [9.17, 15) is 4.79 Å². The molecular formula is C9H8ClN3O2. The summed E-state index contributed by atoms with van der Waals surface area (Å²) < 4.78 is 4.84. The Labute approximate surface area is 90.5 Å². The second kappa shape index (κ2) is 3.94. The van der Waals surface area contributed by atoms with Crippen LogP contribution in [0.4, 0.5) is 0 Å². The van der Waals surface area contributed by atoms with Crippen molar-refractivity contribution in [3.05, 3.63) is 22.2 Å². The van der Waals surface area contributed by atoms with Gasteiger partial charge in [-0.3, -0.25) is 0 Å². The maximum Gasteiger partial charge on any atom is 0.334 e. The third-order valence-electron chi connectivity index (χ3n) is 1.93.